The summed E-state index contributed by atoms with van der Waals surface area (Å²) in [4.78, 5) is 0. The van der Waals surface area contributed by atoms with Crippen molar-refractivity contribution < 1.29 is 4.74 Å². The second-order valence-electron chi connectivity index (χ2n) is 3.54. The predicted molar refractivity (Wildman–Crippen MR) is 59.7 cm³/mol. The molecule has 0 fully saturated rings. The van der Waals surface area contributed by atoms with Crippen molar-refractivity contribution in [2.45, 2.75) is 26.2 Å². The zero-order chi connectivity index (χ0) is 10.4. The molecule has 0 aliphatic carbocycles. The van der Waals surface area contributed by atoms with Crippen molar-refractivity contribution in [1.29, 1.82) is 0 Å². The monoisotopic (exact) mass is 193 g/mol. The molecule has 1 aromatic carbocycles. The molecular formula is C12H19NO. The number of hydrogen-bond donors (Lipinski definition) is 1. The van der Waals surface area contributed by atoms with Gasteiger partial charge in [-0.3, -0.25) is 0 Å². The summed E-state index contributed by atoms with van der Waals surface area (Å²) >= 11 is 0. The summed E-state index contributed by atoms with van der Waals surface area (Å²) in [6.07, 6.45) is 3.39. The fourth-order valence-electron chi connectivity index (χ4n) is 1.54. The van der Waals surface area contributed by atoms with Crippen molar-refractivity contribution >= 4 is 0 Å². The molecular weight excluding hydrogens is 174 g/mol. The van der Waals surface area contributed by atoms with Crippen molar-refractivity contribution in [2.75, 3.05) is 13.7 Å². The van der Waals surface area contributed by atoms with Gasteiger partial charge in [0, 0.05) is 0 Å². The zero-order valence-corrected chi connectivity index (χ0v) is 9.05. The van der Waals surface area contributed by atoms with Crippen LogP contribution < -0.4 is 10.5 Å². The van der Waals surface area contributed by atoms with Crippen LogP contribution >= 0.6 is 0 Å². The number of rotatable bonds is 5. The van der Waals surface area contributed by atoms with Crippen LogP contribution in [0.25, 0.3) is 0 Å². The Hall–Kier alpha value is -1.02. The molecule has 0 spiro atoms. The van der Waals surface area contributed by atoms with E-state index in [1.807, 2.05) is 6.07 Å². The zero-order valence-electron chi connectivity index (χ0n) is 9.05. The molecule has 1 rings (SSSR count). The van der Waals surface area contributed by atoms with E-state index in [0.717, 1.165) is 25.1 Å². The number of ether oxygens (including phenoxy) is 1. The Morgan fingerprint density at radius 1 is 1.29 bits per heavy atom. The molecule has 0 aliphatic heterocycles. The van der Waals surface area contributed by atoms with Gasteiger partial charge in [0.2, 0.25) is 0 Å². The van der Waals surface area contributed by atoms with Crippen LogP contribution in [0, 0.1) is 6.92 Å². The number of unbranched alkanes of at least 4 members (excludes halogenated alkanes) is 1. The number of aryl methyl sites for hydroxylation is 2. The molecule has 0 heterocycles. The summed E-state index contributed by atoms with van der Waals surface area (Å²) in [6.45, 7) is 2.91. The smallest absolute Gasteiger partial charge is 0.119 e. The second kappa shape index (κ2) is 5.66. The summed E-state index contributed by atoms with van der Waals surface area (Å²) in [5, 5.41) is 0. The predicted octanol–water partition coefficient (Wildman–Crippen LogP) is 2.29. The van der Waals surface area contributed by atoms with Crippen molar-refractivity contribution in [3.63, 3.8) is 0 Å². The Balaban J connectivity index is 2.59. The number of nitrogens with two attached hydrogens (primary N) is 1. The van der Waals surface area contributed by atoms with E-state index in [9.17, 15) is 0 Å². The molecule has 0 aromatic heterocycles. The molecule has 0 atom stereocenters. The molecule has 0 bridgehead atoms. The van der Waals surface area contributed by atoms with Crippen LogP contribution in [0.2, 0.25) is 0 Å². The van der Waals surface area contributed by atoms with Gasteiger partial charge in [0.25, 0.3) is 0 Å². The van der Waals surface area contributed by atoms with E-state index in [0.29, 0.717) is 0 Å². The van der Waals surface area contributed by atoms with Crippen LogP contribution in [0.4, 0.5) is 0 Å². The molecule has 2 heteroatoms. The SMILES string of the molecule is COc1ccc(CCCCN)c(C)c1. The average molecular weight is 193 g/mol. The largest absolute Gasteiger partial charge is 0.497 e. The van der Waals surface area contributed by atoms with Gasteiger partial charge in [-0.15, -0.1) is 0 Å². The number of hydrogen-bond acceptors (Lipinski definition) is 2. The van der Waals surface area contributed by atoms with E-state index in [2.05, 4.69) is 19.1 Å². The van der Waals surface area contributed by atoms with Gasteiger partial charge in [-0.2, -0.15) is 0 Å². The Morgan fingerprint density at radius 3 is 2.64 bits per heavy atom. The summed E-state index contributed by atoms with van der Waals surface area (Å²) in [5.74, 6) is 0.935. The number of methoxy groups -OCH3 is 1. The molecule has 1 aromatic rings. The Morgan fingerprint density at radius 2 is 2.07 bits per heavy atom. The first kappa shape index (κ1) is 11.1. The molecule has 0 saturated heterocycles. The van der Waals surface area contributed by atoms with Crippen LogP contribution in [-0.2, 0) is 6.42 Å². The average Bonchev–Trinajstić information content (AvgIpc) is 2.20. The van der Waals surface area contributed by atoms with E-state index in [-0.39, 0.29) is 0 Å². The Kier molecular flexibility index (Phi) is 4.47. The molecule has 0 amide bonds. The fourth-order valence-corrected chi connectivity index (χ4v) is 1.54. The van der Waals surface area contributed by atoms with E-state index >= 15 is 0 Å². The molecule has 78 valence electrons. The van der Waals surface area contributed by atoms with Gasteiger partial charge in [0.05, 0.1) is 7.11 Å². The summed E-state index contributed by atoms with van der Waals surface area (Å²) in [5.41, 5.74) is 8.17. The lowest BCUT2D eigenvalue weighted by atomic mass is 10.0. The van der Waals surface area contributed by atoms with Gasteiger partial charge < -0.3 is 10.5 Å². The topological polar surface area (TPSA) is 35.2 Å². The van der Waals surface area contributed by atoms with E-state index in [1.165, 1.54) is 17.5 Å². The van der Waals surface area contributed by atoms with E-state index in [4.69, 9.17) is 10.5 Å². The van der Waals surface area contributed by atoms with Crippen LogP contribution in [0.3, 0.4) is 0 Å². The fraction of sp³-hybridized carbons (Fsp3) is 0.500. The first-order valence-corrected chi connectivity index (χ1v) is 5.11. The van der Waals surface area contributed by atoms with Gasteiger partial charge in [0.1, 0.15) is 5.75 Å². The van der Waals surface area contributed by atoms with Gasteiger partial charge in [-0.05, 0) is 56.0 Å². The van der Waals surface area contributed by atoms with Gasteiger partial charge in [0.15, 0.2) is 0 Å². The maximum absolute atomic E-state index is 5.46. The van der Waals surface area contributed by atoms with Crippen molar-refractivity contribution in [3.8, 4) is 5.75 Å². The maximum Gasteiger partial charge on any atom is 0.119 e. The third kappa shape index (κ3) is 3.04. The highest BCUT2D eigenvalue weighted by molar-refractivity contribution is 5.34. The standard InChI is InChI=1S/C12H19NO/c1-10-9-12(14-2)7-6-11(10)5-3-4-8-13/h6-7,9H,3-5,8,13H2,1-2H3. The van der Waals surface area contributed by atoms with Crippen LogP contribution in [0.15, 0.2) is 18.2 Å². The van der Waals surface area contributed by atoms with Gasteiger partial charge >= 0.3 is 0 Å². The molecule has 2 N–H and O–H groups in total. The van der Waals surface area contributed by atoms with E-state index < -0.39 is 0 Å². The minimum absolute atomic E-state index is 0.787. The molecule has 0 radical (unpaired) electrons. The summed E-state index contributed by atoms with van der Waals surface area (Å²) < 4.78 is 5.16. The molecule has 14 heavy (non-hydrogen) atoms. The highest BCUT2D eigenvalue weighted by Crippen LogP contribution is 2.18. The molecule has 0 saturated carbocycles. The van der Waals surface area contributed by atoms with Gasteiger partial charge in [-0.1, -0.05) is 6.07 Å². The first-order valence-electron chi connectivity index (χ1n) is 5.11. The Bertz CT molecular complexity index is 284. The summed E-state index contributed by atoms with van der Waals surface area (Å²) in [7, 11) is 1.70. The lowest BCUT2D eigenvalue weighted by molar-refractivity contribution is 0.414. The minimum Gasteiger partial charge on any atom is -0.497 e. The third-order valence-corrected chi connectivity index (χ3v) is 2.45. The highest BCUT2D eigenvalue weighted by Gasteiger charge is 1.99. The first-order chi connectivity index (χ1) is 6.77. The normalized spacial score (nSPS) is 10.2. The lowest BCUT2D eigenvalue weighted by Crippen LogP contribution is -1.99. The van der Waals surface area contributed by atoms with E-state index in [1.54, 1.807) is 7.11 Å². The third-order valence-electron chi connectivity index (χ3n) is 2.45. The van der Waals surface area contributed by atoms with Crippen molar-refractivity contribution in [1.82, 2.24) is 0 Å². The molecule has 0 aliphatic rings. The lowest BCUT2D eigenvalue weighted by Gasteiger charge is -2.07. The minimum atomic E-state index is 0.787. The quantitative estimate of drug-likeness (QED) is 0.728. The number of benzene rings is 1. The maximum atomic E-state index is 5.46. The molecule has 0 unspecified atom stereocenters. The van der Waals surface area contributed by atoms with Crippen molar-refractivity contribution in [3.05, 3.63) is 29.3 Å². The van der Waals surface area contributed by atoms with Crippen LogP contribution in [0.1, 0.15) is 24.0 Å². The van der Waals surface area contributed by atoms with Gasteiger partial charge in [-0.25, -0.2) is 0 Å². The highest BCUT2D eigenvalue weighted by atomic mass is 16.5. The van der Waals surface area contributed by atoms with Crippen LogP contribution in [0.5, 0.6) is 5.75 Å². The van der Waals surface area contributed by atoms with Crippen molar-refractivity contribution in [2.24, 2.45) is 5.73 Å². The summed E-state index contributed by atoms with van der Waals surface area (Å²) in [6, 6.07) is 6.24. The molecule has 2 nitrogen and oxygen atoms in total. The van der Waals surface area contributed by atoms with Crippen LogP contribution in [-0.4, -0.2) is 13.7 Å². The second-order valence-corrected chi connectivity index (χ2v) is 3.54. The Labute approximate surface area is 86.1 Å².